The Kier molecular flexibility index (Phi) is 2.22. The molecule has 1 aliphatic rings. The summed E-state index contributed by atoms with van der Waals surface area (Å²) in [4.78, 5) is 4.28. The van der Waals surface area contributed by atoms with E-state index in [1.165, 1.54) is 11.3 Å². The lowest BCUT2D eigenvalue weighted by Gasteiger charge is -2.09. The van der Waals surface area contributed by atoms with E-state index in [4.69, 9.17) is 0 Å². The molecule has 56 valence electrons. The summed E-state index contributed by atoms with van der Waals surface area (Å²) in [5.41, 5.74) is 2.61. The predicted octanol–water partition coefficient (Wildman–Crippen LogP) is 1.34. The van der Waals surface area contributed by atoms with E-state index in [9.17, 15) is 0 Å². The second-order valence-electron chi connectivity index (χ2n) is 2.78. The largest absolute Gasteiger partial charge is 0.312 e. The fourth-order valence-corrected chi connectivity index (χ4v) is 1.00. The number of allylic oxidation sites excluding steroid dienone is 1. The molecule has 1 heterocycles. The number of rotatable bonds is 2. The summed E-state index contributed by atoms with van der Waals surface area (Å²) in [6, 6.07) is 0.425. The van der Waals surface area contributed by atoms with E-state index < -0.39 is 0 Å². The molecule has 0 spiro atoms. The maximum Gasteiger partial charge on any atom is 0.0427 e. The van der Waals surface area contributed by atoms with Gasteiger partial charge in [-0.1, -0.05) is 0 Å². The molecule has 2 heteroatoms. The molecular weight excluding hydrogens is 124 g/mol. The zero-order valence-corrected chi connectivity index (χ0v) is 6.81. The van der Waals surface area contributed by atoms with Gasteiger partial charge in [-0.3, -0.25) is 4.99 Å². The molecule has 1 rings (SSSR count). The molecule has 0 amide bonds. The molecular formula is C8H14N2. The van der Waals surface area contributed by atoms with Crippen LogP contribution in [0.5, 0.6) is 0 Å². The number of aliphatic imine (C=N–C) groups is 1. The monoisotopic (exact) mass is 138 g/mol. The van der Waals surface area contributed by atoms with E-state index in [2.05, 4.69) is 24.2 Å². The molecule has 1 aliphatic heterocycles. The number of hydrogen-bond donors (Lipinski definition) is 1. The molecule has 0 bridgehead atoms. The minimum absolute atomic E-state index is 0.425. The first-order valence-electron chi connectivity index (χ1n) is 3.63. The highest BCUT2D eigenvalue weighted by Gasteiger charge is 2.11. The molecule has 0 saturated carbocycles. The van der Waals surface area contributed by atoms with Gasteiger partial charge in [0, 0.05) is 24.4 Å². The fraction of sp³-hybridized carbons (Fsp3) is 0.625. The van der Waals surface area contributed by atoms with Crippen molar-refractivity contribution in [2.24, 2.45) is 4.99 Å². The number of nitrogens with zero attached hydrogens (tertiary/aromatic N) is 1. The Bertz CT molecular complexity index is 180. The highest BCUT2D eigenvalue weighted by molar-refractivity contribution is 5.93. The maximum absolute atomic E-state index is 4.28. The van der Waals surface area contributed by atoms with E-state index in [-0.39, 0.29) is 0 Å². The maximum atomic E-state index is 4.28. The first-order valence-corrected chi connectivity index (χ1v) is 3.63. The minimum Gasteiger partial charge on any atom is -0.312 e. The van der Waals surface area contributed by atoms with Gasteiger partial charge in [0.2, 0.25) is 0 Å². The Balaban J connectivity index is 2.49. The second-order valence-corrected chi connectivity index (χ2v) is 2.78. The first kappa shape index (κ1) is 7.48. The summed E-state index contributed by atoms with van der Waals surface area (Å²) in [6.07, 6.45) is 2.99. The summed E-state index contributed by atoms with van der Waals surface area (Å²) in [7, 11) is 1.96. The minimum atomic E-state index is 0.425. The van der Waals surface area contributed by atoms with Crippen molar-refractivity contribution < 1.29 is 0 Å². The van der Waals surface area contributed by atoms with Crippen LogP contribution >= 0.6 is 0 Å². The standard InChI is InChI=1S/C8H14N2/c1-6-4-8(10-5-6)7(2)9-3/h5,7,9H,4H2,1-3H3/t7-/m0/s1. The zero-order chi connectivity index (χ0) is 7.56. The van der Waals surface area contributed by atoms with Gasteiger partial charge in [0.15, 0.2) is 0 Å². The van der Waals surface area contributed by atoms with Crippen molar-refractivity contribution in [2.75, 3.05) is 7.05 Å². The van der Waals surface area contributed by atoms with Gasteiger partial charge in [0.05, 0.1) is 0 Å². The fourth-order valence-electron chi connectivity index (χ4n) is 1.00. The molecule has 2 nitrogen and oxygen atoms in total. The SMILES string of the molecule is CN[C@@H](C)C1=NC=C(C)C1. The lowest BCUT2D eigenvalue weighted by molar-refractivity contribution is 0.755. The van der Waals surface area contributed by atoms with Gasteiger partial charge >= 0.3 is 0 Å². The van der Waals surface area contributed by atoms with Crippen LogP contribution < -0.4 is 5.32 Å². The van der Waals surface area contributed by atoms with Gasteiger partial charge in [0.25, 0.3) is 0 Å². The summed E-state index contributed by atoms with van der Waals surface area (Å²) >= 11 is 0. The average Bonchev–Trinajstić information content (AvgIpc) is 2.34. The summed E-state index contributed by atoms with van der Waals surface area (Å²) in [5.74, 6) is 0. The number of hydrogen-bond acceptors (Lipinski definition) is 2. The highest BCUT2D eigenvalue weighted by Crippen LogP contribution is 2.12. The van der Waals surface area contributed by atoms with Crippen molar-refractivity contribution in [3.05, 3.63) is 11.8 Å². The lowest BCUT2D eigenvalue weighted by Crippen LogP contribution is -2.29. The average molecular weight is 138 g/mol. The van der Waals surface area contributed by atoms with Gasteiger partial charge in [0.1, 0.15) is 0 Å². The Labute approximate surface area is 62.0 Å². The zero-order valence-electron chi connectivity index (χ0n) is 6.81. The normalized spacial score (nSPS) is 20.3. The molecule has 0 aromatic carbocycles. The highest BCUT2D eigenvalue weighted by atomic mass is 14.9. The quantitative estimate of drug-likeness (QED) is 0.612. The topological polar surface area (TPSA) is 24.4 Å². The van der Waals surface area contributed by atoms with Crippen LogP contribution in [0.15, 0.2) is 16.8 Å². The molecule has 0 aliphatic carbocycles. The third kappa shape index (κ3) is 1.45. The van der Waals surface area contributed by atoms with Crippen molar-refractivity contribution >= 4 is 5.71 Å². The molecule has 0 aromatic heterocycles. The van der Waals surface area contributed by atoms with Crippen LogP contribution in [0.25, 0.3) is 0 Å². The molecule has 1 N–H and O–H groups in total. The third-order valence-corrected chi connectivity index (χ3v) is 1.84. The molecule has 0 radical (unpaired) electrons. The van der Waals surface area contributed by atoms with Crippen LogP contribution in [0.3, 0.4) is 0 Å². The molecule has 0 fully saturated rings. The van der Waals surface area contributed by atoms with Crippen molar-refractivity contribution in [3.8, 4) is 0 Å². The van der Waals surface area contributed by atoms with E-state index in [0.717, 1.165) is 6.42 Å². The van der Waals surface area contributed by atoms with Gasteiger partial charge in [-0.05, 0) is 26.5 Å². The smallest absolute Gasteiger partial charge is 0.0427 e. The van der Waals surface area contributed by atoms with Crippen molar-refractivity contribution in [2.45, 2.75) is 26.3 Å². The molecule has 1 atom stereocenters. The Morgan fingerprint density at radius 3 is 2.80 bits per heavy atom. The van der Waals surface area contributed by atoms with Crippen molar-refractivity contribution in [3.63, 3.8) is 0 Å². The summed E-state index contributed by atoms with van der Waals surface area (Å²) in [5, 5.41) is 3.16. The Hall–Kier alpha value is -0.630. The van der Waals surface area contributed by atoms with E-state index in [0.29, 0.717) is 6.04 Å². The summed E-state index contributed by atoms with van der Waals surface area (Å²) in [6.45, 7) is 4.24. The van der Waals surface area contributed by atoms with Gasteiger partial charge in [-0.15, -0.1) is 0 Å². The Morgan fingerprint density at radius 2 is 2.40 bits per heavy atom. The molecule has 0 unspecified atom stereocenters. The third-order valence-electron chi connectivity index (χ3n) is 1.84. The van der Waals surface area contributed by atoms with Crippen LogP contribution in [0.2, 0.25) is 0 Å². The van der Waals surface area contributed by atoms with Crippen LogP contribution in [-0.2, 0) is 0 Å². The van der Waals surface area contributed by atoms with E-state index in [1.54, 1.807) is 0 Å². The van der Waals surface area contributed by atoms with Gasteiger partial charge < -0.3 is 5.32 Å². The first-order chi connectivity index (χ1) is 4.74. The summed E-state index contributed by atoms with van der Waals surface area (Å²) < 4.78 is 0. The van der Waals surface area contributed by atoms with E-state index in [1.807, 2.05) is 13.2 Å². The van der Waals surface area contributed by atoms with E-state index >= 15 is 0 Å². The Morgan fingerprint density at radius 1 is 1.70 bits per heavy atom. The second kappa shape index (κ2) is 2.97. The van der Waals surface area contributed by atoms with Crippen LogP contribution in [0.4, 0.5) is 0 Å². The molecule has 0 aromatic rings. The van der Waals surface area contributed by atoms with Gasteiger partial charge in [-0.2, -0.15) is 0 Å². The van der Waals surface area contributed by atoms with Crippen molar-refractivity contribution in [1.29, 1.82) is 0 Å². The molecule has 10 heavy (non-hydrogen) atoms. The van der Waals surface area contributed by atoms with Crippen LogP contribution in [-0.4, -0.2) is 18.8 Å². The number of nitrogens with one attached hydrogen (secondary N) is 1. The van der Waals surface area contributed by atoms with Gasteiger partial charge in [-0.25, -0.2) is 0 Å². The molecule has 0 saturated heterocycles. The lowest BCUT2D eigenvalue weighted by atomic mass is 10.1. The predicted molar refractivity (Wildman–Crippen MR) is 44.3 cm³/mol. The van der Waals surface area contributed by atoms with Crippen LogP contribution in [0.1, 0.15) is 20.3 Å². The van der Waals surface area contributed by atoms with Crippen molar-refractivity contribution in [1.82, 2.24) is 5.32 Å². The van der Waals surface area contributed by atoms with Crippen LogP contribution in [0, 0.1) is 0 Å².